The van der Waals surface area contributed by atoms with Crippen LogP contribution in [0.25, 0.3) is 0 Å². The van der Waals surface area contributed by atoms with Crippen LogP contribution in [0, 0.1) is 5.92 Å². The molecule has 0 aliphatic rings. The van der Waals surface area contributed by atoms with Gasteiger partial charge in [0.25, 0.3) is 11.5 Å². The zero-order chi connectivity index (χ0) is 19.1. The third kappa shape index (κ3) is 5.31. The molecule has 0 saturated heterocycles. The molecular weight excluding hydrogens is 330 g/mol. The molecule has 1 aromatic carbocycles. The molecule has 2 rings (SSSR count). The van der Waals surface area contributed by atoms with Crippen LogP contribution in [0.5, 0.6) is 5.75 Å². The lowest BCUT2D eigenvalue weighted by Crippen LogP contribution is -2.31. The maximum Gasteiger partial charge on any atom is 0.276 e. The van der Waals surface area contributed by atoms with Gasteiger partial charge >= 0.3 is 0 Å². The van der Waals surface area contributed by atoms with E-state index in [1.807, 2.05) is 38.1 Å². The number of carbonyl (C=O) groups is 1. The molecule has 0 radical (unpaired) electrons. The largest absolute Gasteiger partial charge is 0.493 e. The molecule has 0 aliphatic heterocycles. The average Bonchev–Trinajstić information content (AvgIpc) is 2.60. The van der Waals surface area contributed by atoms with E-state index >= 15 is 0 Å². The molecule has 0 fully saturated rings. The Hall–Kier alpha value is -2.89. The SMILES string of the molecule is CC(C)COc1cccc(/C=N\NC(=O)c2cccn(C(C)C)c2=O)c1. The van der Waals surface area contributed by atoms with Crippen molar-refractivity contribution in [1.29, 1.82) is 0 Å². The van der Waals surface area contributed by atoms with Gasteiger partial charge in [0.2, 0.25) is 0 Å². The second-order valence-electron chi connectivity index (χ2n) is 6.70. The molecule has 0 spiro atoms. The van der Waals surface area contributed by atoms with Crippen LogP contribution in [0.15, 0.2) is 52.5 Å². The molecule has 1 N–H and O–H groups in total. The summed E-state index contributed by atoms with van der Waals surface area (Å²) in [6.45, 7) is 8.56. The van der Waals surface area contributed by atoms with Gasteiger partial charge in [-0.3, -0.25) is 9.59 Å². The summed E-state index contributed by atoms with van der Waals surface area (Å²) in [4.78, 5) is 24.5. The Morgan fingerprint density at radius 1 is 1.23 bits per heavy atom. The van der Waals surface area contributed by atoms with E-state index in [0.29, 0.717) is 12.5 Å². The number of amides is 1. The topological polar surface area (TPSA) is 72.7 Å². The summed E-state index contributed by atoms with van der Waals surface area (Å²) in [7, 11) is 0. The van der Waals surface area contributed by atoms with Crippen molar-refractivity contribution < 1.29 is 9.53 Å². The minimum Gasteiger partial charge on any atom is -0.493 e. The van der Waals surface area contributed by atoms with E-state index in [4.69, 9.17) is 4.74 Å². The molecule has 0 atom stereocenters. The van der Waals surface area contributed by atoms with Crippen LogP contribution in [-0.4, -0.2) is 23.3 Å². The molecule has 1 amide bonds. The predicted molar refractivity (Wildman–Crippen MR) is 103 cm³/mol. The average molecular weight is 355 g/mol. The molecule has 138 valence electrons. The van der Waals surface area contributed by atoms with Gasteiger partial charge in [0.05, 0.1) is 12.8 Å². The molecule has 26 heavy (non-hydrogen) atoms. The Labute approximate surface area is 153 Å². The number of ether oxygens (including phenoxy) is 1. The van der Waals surface area contributed by atoms with Crippen LogP contribution in [-0.2, 0) is 0 Å². The van der Waals surface area contributed by atoms with Crippen molar-refractivity contribution in [2.24, 2.45) is 11.0 Å². The molecule has 0 aliphatic carbocycles. The number of hydrogen-bond donors (Lipinski definition) is 1. The monoisotopic (exact) mass is 355 g/mol. The second kappa shape index (κ2) is 8.99. The van der Waals surface area contributed by atoms with Crippen LogP contribution in [0.2, 0.25) is 0 Å². The van der Waals surface area contributed by atoms with Crippen LogP contribution in [0.4, 0.5) is 0 Å². The number of carbonyl (C=O) groups excluding carboxylic acids is 1. The van der Waals surface area contributed by atoms with Crippen LogP contribution in [0.1, 0.15) is 49.7 Å². The number of hydrazone groups is 1. The normalized spacial score (nSPS) is 11.3. The van der Waals surface area contributed by atoms with E-state index in [2.05, 4.69) is 24.4 Å². The number of nitrogens with zero attached hydrogens (tertiary/aromatic N) is 2. The molecule has 6 nitrogen and oxygen atoms in total. The molecule has 6 heteroatoms. The molecule has 2 aromatic rings. The molecule has 1 heterocycles. The first-order valence-corrected chi connectivity index (χ1v) is 8.66. The van der Waals surface area contributed by atoms with Crippen molar-refractivity contribution in [1.82, 2.24) is 9.99 Å². The lowest BCUT2D eigenvalue weighted by molar-refractivity contribution is 0.0953. The van der Waals surface area contributed by atoms with E-state index in [9.17, 15) is 9.59 Å². The highest BCUT2D eigenvalue weighted by molar-refractivity contribution is 5.94. The minimum absolute atomic E-state index is 0.0210. The zero-order valence-corrected chi connectivity index (χ0v) is 15.6. The van der Waals surface area contributed by atoms with Gasteiger partial charge in [-0.2, -0.15) is 5.10 Å². The summed E-state index contributed by atoms with van der Waals surface area (Å²) in [6, 6.07) is 10.6. The number of hydrogen-bond acceptors (Lipinski definition) is 4. The highest BCUT2D eigenvalue weighted by Crippen LogP contribution is 2.13. The maximum absolute atomic E-state index is 12.3. The van der Waals surface area contributed by atoms with Crippen molar-refractivity contribution in [2.45, 2.75) is 33.7 Å². The summed E-state index contributed by atoms with van der Waals surface area (Å²) >= 11 is 0. The quantitative estimate of drug-likeness (QED) is 0.612. The highest BCUT2D eigenvalue weighted by atomic mass is 16.5. The van der Waals surface area contributed by atoms with Gasteiger partial charge < -0.3 is 9.30 Å². The first-order valence-electron chi connectivity index (χ1n) is 8.66. The maximum atomic E-state index is 12.3. The molecule has 0 saturated carbocycles. The Balaban J connectivity index is 2.05. The van der Waals surface area contributed by atoms with Crippen molar-refractivity contribution in [3.05, 3.63) is 64.1 Å². The van der Waals surface area contributed by atoms with Crippen molar-refractivity contribution in [3.63, 3.8) is 0 Å². The van der Waals surface area contributed by atoms with Crippen LogP contribution in [0.3, 0.4) is 0 Å². The fourth-order valence-electron chi connectivity index (χ4n) is 2.26. The van der Waals surface area contributed by atoms with Gasteiger partial charge in [0.15, 0.2) is 0 Å². The minimum atomic E-state index is -0.534. The van der Waals surface area contributed by atoms with Gasteiger partial charge in [-0.1, -0.05) is 26.0 Å². The summed E-state index contributed by atoms with van der Waals surface area (Å²) in [5.41, 5.74) is 2.92. The lowest BCUT2D eigenvalue weighted by Gasteiger charge is -2.10. The second-order valence-corrected chi connectivity index (χ2v) is 6.70. The van der Waals surface area contributed by atoms with Crippen LogP contribution < -0.4 is 15.7 Å². The van der Waals surface area contributed by atoms with E-state index < -0.39 is 5.91 Å². The smallest absolute Gasteiger partial charge is 0.276 e. The standard InChI is InChI=1S/C20H25N3O3/c1-14(2)13-26-17-8-5-7-16(11-17)12-21-22-19(24)18-9-6-10-23(15(3)4)20(18)25/h5-12,14-15H,13H2,1-4H3,(H,22,24)/b21-12-. The van der Waals surface area contributed by atoms with E-state index in [-0.39, 0.29) is 17.2 Å². The van der Waals surface area contributed by atoms with Crippen LogP contribution >= 0.6 is 0 Å². The van der Waals surface area contributed by atoms with E-state index in [1.54, 1.807) is 12.3 Å². The first-order chi connectivity index (χ1) is 12.4. The summed E-state index contributed by atoms with van der Waals surface area (Å²) < 4.78 is 7.17. The number of pyridine rings is 1. The molecule has 0 bridgehead atoms. The van der Waals surface area contributed by atoms with Gasteiger partial charge in [-0.25, -0.2) is 5.43 Å². The van der Waals surface area contributed by atoms with Gasteiger partial charge in [0, 0.05) is 12.2 Å². The fourth-order valence-corrected chi connectivity index (χ4v) is 2.26. The van der Waals surface area contributed by atoms with Gasteiger partial charge in [0.1, 0.15) is 11.3 Å². The fraction of sp³-hybridized carbons (Fsp3) is 0.350. The van der Waals surface area contributed by atoms with Crippen molar-refractivity contribution in [3.8, 4) is 5.75 Å². The number of aromatic nitrogens is 1. The molecule has 0 unspecified atom stereocenters. The zero-order valence-electron chi connectivity index (χ0n) is 15.6. The predicted octanol–water partition coefficient (Wildman–Crippen LogP) is 3.23. The lowest BCUT2D eigenvalue weighted by atomic mass is 10.2. The summed E-state index contributed by atoms with van der Waals surface area (Å²) in [5.74, 6) is 0.651. The van der Waals surface area contributed by atoms with E-state index in [0.717, 1.165) is 11.3 Å². The molecule has 1 aromatic heterocycles. The number of nitrogens with one attached hydrogen (secondary N) is 1. The van der Waals surface area contributed by atoms with Gasteiger partial charge in [-0.05, 0) is 49.6 Å². The summed E-state index contributed by atoms with van der Waals surface area (Å²) in [6.07, 6.45) is 3.18. The molecular formula is C20H25N3O3. The Bertz CT molecular complexity index is 838. The summed E-state index contributed by atoms with van der Waals surface area (Å²) in [5, 5.41) is 3.94. The number of benzene rings is 1. The van der Waals surface area contributed by atoms with Crippen molar-refractivity contribution >= 4 is 12.1 Å². The number of rotatable bonds is 7. The Morgan fingerprint density at radius 3 is 2.69 bits per heavy atom. The third-order valence-electron chi connectivity index (χ3n) is 3.60. The van der Waals surface area contributed by atoms with E-state index in [1.165, 1.54) is 16.8 Å². The highest BCUT2D eigenvalue weighted by Gasteiger charge is 2.12. The van der Waals surface area contributed by atoms with Gasteiger partial charge in [-0.15, -0.1) is 0 Å². The third-order valence-corrected chi connectivity index (χ3v) is 3.60. The van der Waals surface area contributed by atoms with Crippen molar-refractivity contribution in [2.75, 3.05) is 6.61 Å². The Kier molecular flexibility index (Phi) is 6.72. The first kappa shape index (κ1) is 19.4. The Morgan fingerprint density at radius 2 is 2.00 bits per heavy atom.